The van der Waals surface area contributed by atoms with Crippen LogP contribution in [0.5, 0.6) is 0 Å². The molecule has 3 rings (SSSR count). The number of rotatable bonds is 9. The molecule has 2 amide bonds. The Labute approximate surface area is 220 Å². The summed E-state index contributed by atoms with van der Waals surface area (Å²) < 4.78 is 1.77. The predicted molar refractivity (Wildman–Crippen MR) is 138 cm³/mol. The summed E-state index contributed by atoms with van der Waals surface area (Å²) in [7, 11) is 0. The van der Waals surface area contributed by atoms with Crippen LogP contribution in [0.4, 0.5) is 5.69 Å². The number of thioether (sulfide) groups is 1. The normalized spacial score (nSPS) is 11.7. The van der Waals surface area contributed by atoms with Crippen molar-refractivity contribution in [2.75, 3.05) is 11.1 Å². The Morgan fingerprint density at radius 1 is 1.15 bits per heavy atom. The van der Waals surface area contributed by atoms with Crippen LogP contribution < -0.4 is 10.6 Å². The monoisotopic (exact) mass is 557 g/mol. The van der Waals surface area contributed by atoms with E-state index < -0.39 is 6.04 Å². The number of nitrogens with one attached hydrogen (secondary N) is 2. The highest BCUT2D eigenvalue weighted by molar-refractivity contribution is 7.99. The van der Waals surface area contributed by atoms with Crippen molar-refractivity contribution in [3.05, 3.63) is 80.5 Å². The molecule has 2 N–H and O–H groups in total. The van der Waals surface area contributed by atoms with E-state index in [1.165, 1.54) is 17.8 Å². The first kappa shape index (κ1) is 26.4. The Kier molecular flexibility index (Phi) is 9.27. The number of benzene rings is 2. The number of carbonyl (C=O) groups excluding carboxylic acids is 2. The van der Waals surface area contributed by atoms with Crippen LogP contribution in [0, 0.1) is 0 Å². The Hall–Kier alpha value is -2.23. The minimum Gasteiger partial charge on any atom is -0.342 e. The van der Waals surface area contributed by atoms with Crippen molar-refractivity contribution in [3.8, 4) is 0 Å². The van der Waals surface area contributed by atoms with Gasteiger partial charge >= 0.3 is 0 Å². The quantitative estimate of drug-likeness (QED) is 0.237. The number of amides is 2. The molecule has 0 radical (unpaired) electrons. The minimum absolute atomic E-state index is 0.0548. The molecule has 3 aromatic rings. The van der Waals surface area contributed by atoms with Crippen LogP contribution in [0.1, 0.15) is 29.1 Å². The van der Waals surface area contributed by atoms with E-state index in [1.54, 1.807) is 47.9 Å². The fourth-order valence-corrected chi connectivity index (χ4v) is 4.55. The van der Waals surface area contributed by atoms with Gasteiger partial charge in [0.2, 0.25) is 5.91 Å². The predicted octanol–water partition coefficient (Wildman–Crippen LogP) is 6.30. The van der Waals surface area contributed by atoms with Crippen LogP contribution in [0.15, 0.2) is 54.2 Å². The molecule has 0 bridgehead atoms. The van der Waals surface area contributed by atoms with Gasteiger partial charge in [0.25, 0.3) is 5.91 Å². The molecule has 0 aliphatic heterocycles. The largest absolute Gasteiger partial charge is 0.342 e. The van der Waals surface area contributed by atoms with Gasteiger partial charge in [0.1, 0.15) is 0 Å². The van der Waals surface area contributed by atoms with E-state index in [0.29, 0.717) is 38.8 Å². The van der Waals surface area contributed by atoms with Crippen molar-refractivity contribution in [3.63, 3.8) is 0 Å². The van der Waals surface area contributed by atoms with E-state index in [4.69, 9.17) is 46.4 Å². The molecule has 12 heteroatoms. The van der Waals surface area contributed by atoms with Crippen molar-refractivity contribution in [2.45, 2.75) is 24.7 Å². The topological polar surface area (TPSA) is 88.9 Å². The molecule has 0 saturated heterocycles. The number of anilines is 1. The minimum atomic E-state index is -0.500. The van der Waals surface area contributed by atoms with E-state index >= 15 is 0 Å². The molecule has 0 fully saturated rings. The second kappa shape index (κ2) is 12.0. The van der Waals surface area contributed by atoms with Crippen LogP contribution in [0.2, 0.25) is 20.1 Å². The molecule has 1 heterocycles. The number of allylic oxidation sites excluding steroid dienone is 1. The molecule has 1 aromatic heterocycles. The highest BCUT2D eigenvalue weighted by atomic mass is 35.5. The average Bonchev–Trinajstić information content (AvgIpc) is 3.18. The zero-order valence-corrected chi connectivity index (χ0v) is 21.7. The Balaban J connectivity index is 1.69. The summed E-state index contributed by atoms with van der Waals surface area (Å²) in [6.07, 6.45) is 1.67. The number of hydrogen-bond donors (Lipinski definition) is 2. The van der Waals surface area contributed by atoms with E-state index in [1.807, 2.05) is 0 Å². The Bertz CT molecular complexity index is 1230. The van der Waals surface area contributed by atoms with Crippen LogP contribution in [-0.4, -0.2) is 32.3 Å². The van der Waals surface area contributed by atoms with Gasteiger partial charge in [-0.2, -0.15) is 0 Å². The van der Waals surface area contributed by atoms with Crippen LogP contribution in [-0.2, 0) is 11.3 Å². The third-order valence-electron chi connectivity index (χ3n) is 4.53. The summed E-state index contributed by atoms with van der Waals surface area (Å²) in [6.45, 7) is 5.92. The third kappa shape index (κ3) is 6.46. The van der Waals surface area contributed by atoms with Gasteiger partial charge in [-0.15, -0.1) is 16.8 Å². The number of halogens is 4. The summed E-state index contributed by atoms with van der Waals surface area (Å²) in [6, 6.07) is 9.12. The summed E-state index contributed by atoms with van der Waals surface area (Å²) in [5.41, 5.74) is 0.712. The lowest BCUT2D eigenvalue weighted by molar-refractivity contribution is -0.113. The molecule has 0 spiro atoms. The molecule has 0 unspecified atom stereocenters. The zero-order chi connectivity index (χ0) is 24.8. The lowest BCUT2D eigenvalue weighted by Gasteiger charge is -2.16. The van der Waals surface area contributed by atoms with Gasteiger partial charge in [0, 0.05) is 11.6 Å². The van der Waals surface area contributed by atoms with Gasteiger partial charge in [0.05, 0.1) is 38.1 Å². The van der Waals surface area contributed by atoms with Gasteiger partial charge in [-0.3, -0.25) is 9.59 Å². The first-order valence-electron chi connectivity index (χ1n) is 9.87. The van der Waals surface area contributed by atoms with E-state index in [-0.39, 0.29) is 27.6 Å². The standard InChI is InChI=1S/C22H19Cl4N5O2S/c1-3-9-31-20(12(2)27-21(33)14-8-7-13(23)10-16(14)25)29-30-22(31)34-11-18(32)28-17-6-4-5-15(24)19(17)26/h3-8,10,12H,1,9,11H2,2H3,(H,27,33)(H,28,32)/t12-/m0/s1. The van der Waals surface area contributed by atoms with Gasteiger partial charge in [-0.25, -0.2) is 0 Å². The number of carbonyl (C=O) groups is 2. The Morgan fingerprint density at radius 3 is 2.62 bits per heavy atom. The highest BCUT2D eigenvalue weighted by Gasteiger charge is 2.21. The van der Waals surface area contributed by atoms with Crippen LogP contribution in [0.25, 0.3) is 0 Å². The maximum absolute atomic E-state index is 12.7. The van der Waals surface area contributed by atoms with E-state index in [9.17, 15) is 9.59 Å². The second-order valence-corrected chi connectivity index (χ2v) is 9.57. The van der Waals surface area contributed by atoms with Crippen LogP contribution >= 0.6 is 58.2 Å². The molecule has 34 heavy (non-hydrogen) atoms. The van der Waals surface area contributed by atoms with Gasteiger partial charge in [-0.05, 0) is 37.3 Å². The van der Waals surface area contributed by atoms with Crippen molar-refractivity contribution in [2.24, 2.45) is 0 Å². The van der Waals surface area contributed by atoms with E-state index in [2.05, 4.69) is 27.4 Å². The fourth-order valence-electron chi connectivity index (χ4n) is 2.96. The third-order valence-corrected chi connectivity index (χ3v) is 6.86. The van der Waals surface area contributed by atoms with Gasteiger partial charge < -0.3 is 15.2 Å². The summed E-state index contributed by atoms with van der Waals surface area (Å²) in [5.74, 6) is -0.116. The number of aromatic nitrogens is 3. The molecule has 1 atom stereocenters. The lowest BCUT2D eigenvalue weighted by Crippen LogP contribution is -2.29. The van der Waals surface area contributed by atoms with Crippen molar-refractivity contribution in [1.29, 1.82) is 0 Å². The molecular formula is C22H19Cl4N5O2S. The lowest BCUT2D eigenvalue weighted by atomic mass is 10.2. The first-order chi connectivity index (χ1) is 16.2. The van der Waals surface area contributed by atoms with Gasteiger partial charge in [0.15, 0.2) is 11.0 Å². The highest BCUT2D eigenvalue weighted by Crippen LogP contribution is 2.30. The molecule has 7 nitrogen and oxygen atoms in total. The Morgan fingerprint density at radius 2 is 1.91 bits per heavy atom. The second-order valence-electron chi connectivity index (χ2n) is 7.00. The van der Waals surface area contributed by atoms with Crippen molar-refractivity contribution >= 4 is 75.7 Å². The molecular weight excluding hydrogens is 540 g/mol. The smallest absolute Gasteiger partial charge is 0.253 e. The molecule has 178 valence electrons. The van der Waals surface area contributed by atoms with Crippen molar-refractivity contribution < 1.29 is 9.59 Å². The number of nitrogens with zero attached hydrogens (tertiary/aromatic N) is 3. The molecule has 0 aliphatic carbocycles. The molecule has 2 aromatic carbocycles. The van der Waals surface area contributed by atoms with E-state index in [0.717, 1.165) is 0 Å². The fraction of sp³-hybridized carbons (Fsp3) is 0.182. The maximum atomic E-state index is 12.7. The summed E-state index contributed by atoms with van der Waals surface area (Å²) in [4.78, 5) is 25.1. The maximum Gasteiger partial charge on any atom is 0.253 e. The average molecular weight is 559 g/mol. The SMILES string of the molecule is C=CCn1c(SCC(=O)Nc2cccc(Cl)c2Cl)nnc1[C@H](C)NC(=O)c1ccc(Cl)cc1Cl. The zero-order valence-electron chi connectivity index (χ0n) is 17.8. The molecule has 0 saturated carbocycles. The summed E-state index contributed by atoms with van der Waals surface area (Å²) >= 11 is 25.3. The summed E-state index contributed by atoms with van der Waals surface area (Å²) in [5, 5.41) is 15.8. The van der Waals surface area contributed by atoms with Crippen LogP contribution in [0.3, 0.4) is 0 Å². The first-order valence-corrected chi connectivity index (χ1v) is 12.4. The van der Waals surface area contributed by atoms with Crippen molar-refractivity contribution in [1.82, 2.24) is 20.1 Å². The van der Waals surface area contributed by atoms with Gasteiger partial charge in [-0.1, -0.05) is 70.3 Å². The number of hydrogen-bond acceptors (Lipinski definition) is 5. The molecule has 0 aliphatic rings.